The van der Waals surface area contributed by atoms with E-state index in [1.54, 1.807) is 11.8 Å². The smallest absolute Gasteiger partial charge is 0.407 e. The minimum Gasteiger partial charge on any atom is -0.465 e. The van der Waals surface area contributed by atoms with Gasteiger partial charge in [0.2, 0.25) is 10.0 Å². The molecule has 1 aliphatic rings. The summed E-state index contributed by atoms with van der Waals surface area (Å²) < 4.78 is 23.1. The molecular weight excluding hydrogens is 284 g/mol. The van der Waals surface area contributed by atoms with Gasteiger partial charge in [-0.25, -0.2) is 23.3 Å². The minimum atomic E-state index is -3.86. The van der Waals surface area contributed by atoms with Crippen LogP contribution in [0.3, 0.4) is 0 Å². The summed E-state index contributed by atoms with van der Waals surface area (Å²) in [6.45, 7) is 2.79. The average molecular weight is 300 g/mol. The van der Waals surface area contributed by atoms with Crippen molar-refractivity contribution in [1.82, 2.24) is 9.88 Å². The second kappa shape index (κ2) is 5.25. The first-order valence-corrected chi connectivity index (χ1v) is 7.57. The number of carboxylic acid groups (broad SMARTS) is 1. The first-order valence-electron chi connectivity index (χ1n) is 6.03. The Kier molecular flexibility index (Phi) is 3.82. The predicted molar refractivity (Wildman–Crippen MR) is 72.0 cm³/mol. The minimum absolute atomic E-state index is 0.0454. The molecule has 0 unspecified atom stereocenters. The van der Waals surface area contributed by atoms with E-state index in [9.17, 15) is 13.2 Å². The third-order valence-corrected chi connectivity index (χ3v) is 4.16. The number of sulfonamides is 1. The number of hydrogen-bond donors (Lipinski definition) is 2. The number of rotatable bonds is 2. The Morgan fingerprint density at radius 3 is 2.75 bits per heavy atom. The number of amides is 1. The fraction of sp³-hybridized carbons (Fsp3) is 0.455. The molecule has 1 atom stereocenters. The van der Waals surface area contributed by atoms with Gasteiger partial charge in [0.05, 0.1) is 0 Å². The Hall–Kier alpha value is -1.87. The SMILES string of the molecule is C[C@H]1CN(c2ncccc2S(N)(=O)=O)CCN1C(=O)O. The van der Waals surface area contributed by atoms with Crippen LogP contribution in [0, 0.1) is 0 Å². The molecule has 2 rings (SSSR count). The summed E-state index contributed by atoms with van der Waals surface area (Å²) in [6, 6.07) is 2.64. The molecule has 2 heterocycles. The summed E-state index contributed by atoms with van der Waals surface area (Å²) in [7, 11) is -3.86. The van der Waals surface area contributed by atoms with E-state index in [2.05, 4.69) is 4.98 Å². The molecule has 0 radical (unpaired) electrons. The summed E-state index contributed by atoms with van der Waals surface area (Å²) >= 11 is 0. The largest absolute Gasteiger partial charge is 0.465 e. The van der Waals surface area contributed by atoms with E-state index in [0.717, 1.165) is 0 Å². The lowest BCUT2D eigenvalue weighted by molar-refractivity contribution is 0.122. The number of carbonyl (C=O) groups is 1. The fourth-order valence-electron chi connectivity index (χ4n) is 2.28. The normalized spacial score (nSPS) is 20.0. The Bertz CT molecular complexity index is 619. The standard InChI is InChI=1S/C11H16N4O4S/c1-8-7-14(5-6-15(8)11(16)17)10-9(20(12,18)19)3-2-4-13-10/h2-4,8H,5-7H2,1H3,(H,16,17)(H2,12,18,19)/t8-/m0/s1. The van der Waals surface area contributed by atoms with Gasteiger partial charge in [-0.3, -0.25) is 0 Å². The Labute approximate surface area is 116 Å². The van der Waals surface area contributed by atoms with E-state index in [1.807, 2.05) is 0 Å². The van der Waals surface area contributed by atoms with Crippen molar-refractivity contribution in [2.24, 2.45) is 5.14 Å². The van der Waals surface area contributed by atoms with E-state index in [-0.39, 0.29) is 23.3 Å². The molecule has 0 spiro atoms. The van der Waals surface area contributed by atoms with Crippen LogP contribution in [-0.4, -0.2) is 55.2 Å². The summed E-state index contributed by atoms with van der Waals surface area (Å²) in [5.74, 6) is 0.270. The van der Waals surface area contributed by atoms with Crippen molar-refractivity contribution < 1.29 is 18.3 Å². The van der Waals surface area contributed by atoms with Gasteiger partial charge in [0, 0.05) is 31.9 Å². The zero-order valence-electron chi connectivity index (χ0n) is 10.9. The van der Waals surface area contributed by atoms with Crippen molar-refractivity contribution in [1.29, 1.82) is 0 Å². The molecule has 1 aromatic rings. The highest BCUT2D eigenvalue weighted by Gasteiger charge is 2.30. The Morgan fingerprint density at radius 1 is 1.50 bits per heavy atom. The molecular formula is C11H16N4O4S. The van der Waals surface area contributed by atoms with Gasteiger partial charge in [0.15, 0.2) is 0 Å². The van der Waals surface area contributed by atoms with Crippen molar-refractivity contribution in [2.75, 3.05) is 24.5 Å². The number of hydrogen-bond acceptors (Lipinski definition) is 5. The number of nitrogens with zero attached hydrogens (tertiary/aromatic N) is 3. The highest BCUT2D eigenvalue weighted by atomic mass is 32.2. The van der Waals surface area contributed by atoms with E-state index in [0.29, 0.717) is 13.1 Å². The maximum Gasteiger partial charge on any atom is 0.407 e. The third kappa shape index (κ3) is 2.83. The van der Waals surface area contributed by atoms with Crippen LogP contribution >= 0.6 is 0 Å². The number of anilines is 1. The first-order chi connectivity index (χ1) is 9.30. The van der Waals surface area contributed by atoms with Crippen molar-refractivity contribution in [3.8, 4) is 0 Å². The second-order valence-corrected chi connectivity index (χ2v) is 6.17. The van der Waals surface area contributed by atoms with Crippen LogP contribution in [0.2, 0.25) is 0 Å². The number of aromatic nitrogens is 1. The van der Waals surface area contributed by atoms with Crippen molar-refractivity contribution in [3.05, 3.63) is 18.3 Å². The van der Waals surface area contributed by atoms with E-state index < -0.39 is 16.1 Å². The van der Waals surface area contributed by atoms with E-state index >= 15 is 0 Å². The predicted octanol–water partition coefficient (Wildman–Crippen LogP) is -0.0825. The zero-order valence-corrected chi connectivity index (χ0v) is 11.7. The van der Waals surface area contributed by atoms with Crippen LogP contribution < -0.4 is 10.0 Å². The van der Waals surface area contributed by atoms with Crippen LogP contribution in [0.4, 0.5) is 10.6 Å². The molecule has 9 heteroatoms. The lowest BCUT2D eigenvalue weighted by atomic mass is 10.2. The van der Waals surface area contributed by atoms with Gasteiger partial charge in [-0.2, -0.15) is 0 Å². The van der Waals surface area contributed by atoms with Crippen LogP contribution in [-0.2, 0) is 10.0 Å². The molecule has 1 saturated heterocycles. The summed E-state index contributed by atoms with van der Waals surface area (Å²) in [5, 5.41) is 14.2. The molecule has 1 aromatic heterocycles. The molecule has 8 nitrogen and oxygen atoms in total. The molecule has 1 aliphatic heterocycles. The van der Waals surface area contributed by atoms with E-state index in [1.165, 1.54) is 23.2 Å². The van der Waals surface area contributed by atoms with Gasteiger partial charge in [-0.15, -0.1) is 0 Å². The van der Waals surface area contributed by atoms with Gasteiger partial charge in [0.25, 0.3) is 0 Å². The Balaban J connectivity index is 2.29. The summed E-state index contributed by atoms with van der Waals surface area (Å²) in [6.07, 6.45) is 0.503. The topological polar surface area (TPSA) is 117 Å². The first kappa shape index (κ1) is 14.5. The lowest BCUT2D eigenvalue weighted by Gasteiger charge is -2.39. The Morgan fingerprint density at radius 2 is 2.20 bits per heavy atom. The lowest BCUT2D eigenvalue weighted by Crippen LogP contribution is -2.54. The molecule has 3 N–H and O–H groups in total. The molecule has 0 bridgehead atoms. The molecule has 0 saturated carbocycles. The average Bonchev–Trinajstić information content (AvgIpc) is 2.37. The van der Waals surface area contributed by atoms with Gasteiger partial charge in [0.1, 0.15) is 10.7 Å². The molecule has 1 fully saturated rings. The third-order valence-electron chi connectivity index (χ3n) is 3.23. The second-order valence-electron chi connectivity index (χ2n) is 4.64. The van der Waals surface area contributed by atoms with Gasteiger partial charge >= 0.3 is 6.09 Å². The fourth-order valence-corrected chi connectivity index (χ4v) is 2.98. The van der Waals surface area contributed by atoms with Crippen molar-refractivity contribution in [2.45, 2.75) is 17.9 Å². The van der Waals surface area contributed by atoms with E-state index in [4.69, 9.17) is 10.2 Å². The zero-order chi connectivity index (χ0) is 14.9. The highest BCUT2D eigenvalue weighted by Crippen LogP contribution is 2.23. The quantitative estimate of drug-likeness (QED) is 0.789. The molecule has 20 heavy (non-hydrogen) atoms. The molecule has 0 aliphatic carbocycles. The highest BCUT2D eigenvalue weighted by molar-refractivity contribution is 7.89. The number of pyridine rings is 1. The van der Waals surface area contributed by atoms with Crippen molar-refractivity contribution in [3.63, 3.8) is 0 Å². The molecule has 1 amide bonds. The van der Waals surface area contributed by atoms with Crippen LogP contribution in [0.25, 0.3) is 0 Å². The summed E-state index contributed by atoms with van der Waals surface area (Å²) in [4.78, 5) is 18.1. The monoisotopic (exact) mass is 300 g/mol. The van der Waals surface area contributed by atoms with Gasteiger partial charge < -0.3 is 14.9 Å². The number of primary sulfonamides is 1. The van der Waals surface area contributed by atoms with Crippen LogP contribution in [0.15, 0.2) is 23.2 Å². The van der Waals surface area contributed by atoms with Gasteiger partial charge in [-0.1, -0.05) is 0 Å². The molecule has 0 aromatic carbocycles. The van der Waals surface area contributed by atoms with Crippen LogP contribution in [0.5, 0.6) is 0 Å². The maximum atomic E-state index is 11.6. The molecule has 110 valence electrons. The number of nitrogens with two attached hydrogens (primary N) is 1. The number of piperazine rings is 1. The van der Waals surface area contributed by atoms with Crippen molar-refractivity contribution >= 4 is 21.9 Å². The van der Waals surface area contributed by atoms with Gasteiger partial charge in [-0.05, 0) is 19.1 Å². The van der Waals surface area contributed by atoms with Crippen LogP contribution in [0.1, 0.15) is 6.92 Å². The maximum absolute atomic E-state index is 11.6. The summed E-state index contributed by atoms with van der Waals surface area (Å²) in [5.41, 5.74) is 0.